The van der Waals surface area contributed by atoms with Gasteiger partial charge in [0, 0.05) is 11.6 Å². The average molecular weight is 307 g/mol. The Balaban J connectivity index is 2.15. The number of rotatable bonds is 6. The first-order chi connectivity index (χ1) is 10.5. The summed E-state index contributed by atoms with van der Waals surface area (Å²) in [5, 5.41) is 20.7. The van der Waals surface area contributed by atoms with Gasteiger partial charge in [0.25, 0.3) is 5.69 Å². The van der Waals surface area contributed by atoms with Crippen molar-refractivity contribution in [3.8, 4) is 11.5 Å². The van der Waals surface area contributed by atoms with E-state index in [2.05, 4.69) is 0 Å². The van der Waals surface area contributed by atoms with Gasteiger partial charge in [0.2, 0.25) is 0 Å². The van der Waals surface area contributed by atoms with Crippen LogP contribution < -0.4 is 9.47 Å². The molecule has 116 valence electrons. The number of nitro groups is 1. The lowest BCUT2D eigenvalue weighted by Crippen LogP contribution is -2.11. The van der Waals surface area contributed by atoms with Crippen molar-refractivity contribution < 1.29 is 23.9 Å². The maximum Gasteiger partial charge on any atom is 0.273 e. The van der Waals surface area contributed by atoms with Crippen LogP contribution in [0.5, 0.6) is 11.5 Å². The second-order valence-electron chi connectivity index (χ2n) is 4.44. The summed E-state index contributed by atoms with van der Waals surface area (Å²) in [4.78, 5) is 10.2. The summed E-state index contributed by atoms with van der Waals surface area (Å²) >= 11 is 0. The summed E-state index contributed by atoms with van der Waals surface area (Å²) in [5.74, 6) is -0.164. The second-order valence-corrected chi connectivity index (χ2v) is 4.44. The van der Waals surface area contributed by atoms with Gasteiger partial charge in [-0.2, -0.15) is 0 Å². The van der Waals surface area contributed by atoms with Crippen LogP contribution >= 0.6 is 0 Å². The molecule has 0 saturated carbocycles. The minimum atomic E-state index is -1.20. The maximum atomic E-state index is 13.6. The molecule has 0 aromatic heterocycles. The van der Waals surface area contributed by atoms with Crippen molar-refractivity contribution >= 4 is 5.69 Å². The predicted molar refractivity (Wildman–Crippen MR) is 76.5 cm³/mol. The molecule has 0 aliphatic rings. The van der Waals surface area contributed by atoms with Crippen LogP contribution in [0.15, 0.2) is 42.5 Å². The van der Waals surface area contributed by atoms with Crippen LogP contribution in [0.1, 0.15) is 11.7 Å². The Hall–Kier alpha value is -2.67. The Morgan fingerprint density at radius 3 is 2.64 bits per heavy atom. The van der Waals surface area contributed by atoms with Gasteiger partial charge in [0.05, 0.1) is 18.1 Å². The van der Waals surface area contributed by atoms with Crippen LogP contribution in [-0.4, -0.2) is 23.7 Å². The normalized spacial score (nSPS) is 11.8. The van der Waals surface area contributed by atoms with Crippen LogP contribution in [0.2, 0.25) is 0 Å². The lowest BCUT2D eigenvalue weighted by molar-refractivity contribution is -0.385. The number of methoxy groups -OCH3 is 1. The minimum absolute atomic E-state index is 0.0897. The van der Waals surface area contributed by atoms with Gasteiger partial charge in [0.1, 0.15) is 18.5 Å². The van der Waals surface area contributed by atoms with Gasteiger partial charge in [0.15, 0.2) is 11.5 Å². The average Bonchev–Trinajstić information content (AvgIpc) is 2.52. The summed E-state index contributed by atoms with van der Waals surface area (Å²) in [5.41, 5.74) is -0.0805. The van der Waals surface area contributed by atoms with Crippen molar-refractivity contribution in [2.24, 2.45) is 0 Å². The first kappa shape index (κ1) is 15.7. The van der Waals surface area contributed by atoms with Crippen LogP contribution in [0.4, 0.5) is 10.1 Å². The molecule has 1 atom stereocenters. The molecular formula is C15H14FNO5. The number of aliphatic hydroxyl groups is 1. The maximum absolute atomic E-state index is 13.6. The van der Waals surface area contributed by atoms with E-state index in [0.29, 0.717) is 0 Å². The molecule has 2 rings (SSSR count). The van der Waals surface area contributed by atoms with E-state index < -0.39 is 16.8 Å². The van der Waals surface area contributed by atoms with Gasteiger partial charge in [-0.1, -0.05) is 18.2 Å². The van der Waals surface area contributed by atoms with Crippen LogP contribution in [0.25, 0.3) is 0 Å². The Morgan fingerprint density at radius 1 is 1.27 bits per heavy atom. The molecule has 0 saturated heterocycles. The highest BCUT2D eigenvalue weighted by Gasteiger charge is 2.16. The topological polar surface area (TPSA) is 81.8 Å². The first-order valence-electron chi connectivity index (χ1n) is 6.40. The van der Waals surface area contributed by atoms with E-state index in [-0.39, 0.29) is 29.4 Å². The van der Waals surface area contributed by atoms with Gasteiger partial charge in [-0.25, -0.2) is 4.39 Å². The zero-order valence-corrected chi connectivity index (χ0v) is 11.7. The van der Waals surface area contributed by atoms with Crippen molar-refractivity contribution in [1.29, 1.82) is 0 Å². The quantitative estimate of drug-likeness (QED) is 0.655. The highest BCUT2D eigenvalue weighted by molar-refractivity contribution is 5.48. The third-order valence-corrected chi connectivity index (χ3v) is 3.02. The second kappa shape index (κ2) is 6.86. The molecule has 0 aliphatic carbocycles. The molecule has 0 heterocycles. The van der Waals surface area contributed by atoms with Gasteiger partial charge in [-0.3, -0.25) is 10.1 Å². The minimum Gasteiger partial charge on any atom is -0.493 e. The number of non-ortho nitro benzene ring substituents is 1. The molecule has 0 spiro atoms. The standard InChI is InChI=1S/C15H14FNO5/c1-21-14-7-6-10(17(19)20)8-15(14)22-9-13(18)11-4-2-3-5-12(11)16/h2-8,13,18H,9H2,1H3. The molecule has 0 bridgehead atoms. The molecule has 0 radical (unpaired) electrons. The van der Waals surface area contributed by atoms with Crippen LogP contribution in [0.3, 0.4) is 0 Å². The number of ether oxygens (including phenoxy) is 2. The molecule has 0 fully saturated rings. The van der Waals surface area contributed by atoms with Crippen molar-refractivity contribution in [3.05, 3.63) is 64.0 Å². The first-order valence-corrected chi connectivity index (χ1v) is 6.40. The Kier molecular flexibility index (Phi) is 4.90. The molecule has 1 unspecified atom stereocenters. The Morgan fingerprint density at radius 2 is 2.00 bits per heavy atom. The number of nitro benzene ring substituents is 1. The number of nitrogens with zero attached hydrogens (tertiary/aromatic N) is 1. The molecule has 7 heteroatoms. The molecule has 2 aromatic rings. The molecular weight excluding hydrogens is 293 g/mol. The van der Waals surface area contributed by atoms with E-state index in [9.17, 15) is 19.6 Å². The van der Waals surface area contributed by atoms with Gasteiger partial charge >= 0.3 is 0 Å². The summed E-state index contributed by atoms with van der Waals surface area (Å²) < 4.78 is 23.9. The number of hydrogen-bond donors (Lipinski definition) is 1. The van der Waals surface area contributed by atoms with Crippen molar-refractivity contribution in [3.63, 3.8) is 0 Å². The highest BCUT2D eigenvalue weighted by Crippen LogP contribution is 2.32. The van der Waals surface area contributed by atoms with E-state index in [1.165, 1.54) is 43.5 Å². The zero-order chi connectivity index (χ0) is 16.1. The number of benzene rings is 2. The summed E-state index contributed by atoms with van der Waals surface area (Å²) in [6.45, 7) is -0.265. The molecule has 2 aromatic carbocycles. The number of halogens is 1. The van der Waals surface area contributed by atoms with Crippen LogP contribution in [0, 0.1) is 15.9 Å². The fourth-order valence-electron chi connectivity index (χ4n) is 1.90. The van der Waals surface area contributed by atoms with Gasteiger partial charge in [-0.15, -0.1) is 0 Å². The molecule has 6 nitrogen and oxygen atoms in total. The number of aliphatic hydroxyl groups excluding tert-OH is 1. The molecule has 1 N–H and O–H groups in total. The van der Waals surface area contributed by atoms with E-state index in [4.69, 9.17) is 9.47 Å². The summed E-state index contributed by atoms with van der Waals surface area (Å²) in [7, 11) is 1.39. The van der Waals surface area contributed by atoms with Crippen LogP contribution in [-0.2, 0) is 0 Å². The third kappa shape index (κ3) is 3.50. The fourth-order valence-corrected chi connectivity index (χ4v) is 1.90. The lowest BCUT2D eigenvalue weighted by Gasteiger charge is -2.15. The lowest BCUT2D eigenvalue weighted by atomic mass is 10.1. The van der Waals surface area contributed by atoms with E-state index in [1.807, 2.05) is 0 Å². The summed E-state index contributed by atoms with van der Waals surface area (Å²) in [6.07, 6.45) is -1.20. The molecule has 22 heavy (non-hydrogen) atoms. The van der Waals surface area contributed by atoms with E-state index >= 15 is 0 Å². The molecule has 0 amide bonds. The monoisotopic (exact) mass is 307 g/mol. The molecule has 0 aliphatic heterocycles. The smallest absolute Gasteiger partial charge is 0.273 e. The largest absolute Gasteiger partial charge is 0.493 e. The SMILES string of the molecule is COc1ccc([N+](=O)[O-])cc1OCC(O)c1ccccc1F. The third-order valence-electron chi connectivity index (χ3n) is 3.02. The van der Waals surface area contributed by atoms with E-state index in [0.717, 1.165) is 0 Å². The van der Waals surface area contributed by atoms with Gasteiger partial charge in [-0.05, 0) is 12.1 Å². The Labute approximate surface area is 125 Å². The number of hydrogen-bond acceptors (Lipinski definition) is 5. The zero-order valence-electron chi connectivity index (χ0n) is 11.7. The van der Waals surface area contributed by atoms with Crippen molar-refractivity contribution in [2.45, 2.75) is 6.10 Å². The van der Waals surface area contributed by atoms with E-state index in [1.54, 1.807) is 6.07 Å². The highest BCUT2D eigenvalue weighted by atomic mass is 19.1. The predicted octanol–water partition coefficient (Wildman–Crippen LogP) is 2.85. The van der Waals surface area contributed by atoms with Gasteiger partial charge < -0.3 is 14.6 Å². The van der Waals surface area contributed by atoms with Crippen molar-refractivity contribution in [1.82, 2.24) is 0 Å². The van der Waals surface area contributed by atoms with Crippen molar-refractivity contribution in [2.75, 3.05) is 13.7 Å². The fraction of sp³-hybridized carbons (Fsp3) is 0.200. The summed E-state index contributed by atoms with van der Waals surface area (Å²) in [6, 6.07) is 9.63. The Bertz CT molecular complexity index is 677.